The lowest BCUT2D eigenvalue weighted by Gasteiger charge is -2.30. The maximum absolute atomic E-state index is 12.5. The lowest BCUT2D eigenvalue weighted by Crippen LogP contribution is -2.40. The summed E-state index contributed by atoms with van der Waals surface area (Å²) in [5.41, 5.74) is 2.22. The first-order valence-corrected chi connectivity index (χ1v) is 10.8. The minimum atomic E-state index is -0.239. The van der Waals surface area contributed by atoms with E-state index in [0.29, 0.717) is 16.6 Å². The fourth-order valence-corrected chi connectivity index (χ4v) is 4.33. The molecule has 0 atom stereocenters. The summed E-state index contributed by atoms with van der Waals surface area (Å²) in [6.45, 7) is 0. The van der Waals surface area contributed by atoms with Gasteiger partial charge in [0.25, 0.3) is 5.91 Å². The predicted octanol–water partition coefficient (Wildman–Crippen LogP) is 5.51. The summed E-state index contributed by atoms with van der Waals surface area (Å²) in [6, 6.07) is 13.0. The number of phenolic OH excluding ortho intramolecular Hbond substituents is 1. The van der Waals surface area contributed by atoms with Crippen molar-refractivity contribution >= 4 is 50.0 Å². The first kappa shape index (κ1) is 20.0. The van der Waals surface area contributed by atoms with Gasteiger partial charge in [0.15, 0.2) is 0 Å². The SMILES string of the molecule is O=C(NC1CCC(Nc2ccnc3cc(Cl)ccc23)CC1)c1cc(Br)ccc1O. The first-order valence-electron chi connectivity index (χ1n) is 9.60. The molecule has 2 aromatic carbocycles. The average Bonchev–Trinajstić information content (AvgIpc) is 2.71. The number of benzene rings is 2. The van der Waals surface area contributed by atoms with Crippen LogP contribution in [0.3, 0.4) is 0 Å². The van der Waals surface area contributed by atoms with Crippen molar-refractivity contribution in [2.24, 2.45) is 0 Å². The van der Waals surface area contributed by atoms with Gasteiger partial charge in [0.2, 0.25) is 0 Å². The second-order valence-corrected chi connectivity index (χ2v) is 8.70. The van der Waals surface area contributed by atoms with Gasteiger partial charge >= 0.3 is 0 Å². The summed E-state index contributed by atoms with van der Waals surface area (Å²) < 4.78 is 0.763. The Labute approximate surface area is 182 Å². The molecule has 1 fully saturated rings. The molecule has 1 aliphatic carbocycles. The predicted molar refractivity (Wildman–Crippen MR) is 120 cm³/mol. The number of hydrogen-bond donors (Lipinski definition) is 3. The minimum Gasteiger partial charge on any atom is -0.507 e. The summed E-state index contributed by atoms with van der Waals surface area (Å²) in [6.07, 6.45) is 5.46. The van der Waals surface area contributed by atoms with Crippen molar-refractivity contribution in [3.05, 3.63) is 63.7 Å². The van der Waals surface area contributed by atoms with Crippen molar-refractivity contribution in [2.45, 2.75) is 37.8 Å². The Kier molecular flexibility index (Phi) is 5.92. The van der Waals surface area contributed by atoms with Gasteiger partial charge in [0.05, 0.1) is 11.1 Å². The van der Waals surface area contributed by atoms with Crippen LogP contribution in [0.2, 0.25) is 5.02 Å². The lowest BCUT2D eigenvalue weighted by atomic mass is 9.90. The van der Waals surface area contributed by atoms with Gasteiger partial charge in [0.1, 0.15) is 5.75 Å². The van der Waals surface area contributed by atoms with Crippen molar-refractivity contribution < 1.29 is 9.90 Å². The molecule has 3 N–H and O–H groups in total. The van der Waals surface area contributed by atoms with E-state index < -0.39 is 0 Å². The van der Waals surface area contributed by atoms with E-state index in [9.17, 15) is 9.90 Å². The molecule has 0 spiro atoms. The number of aromatic nitrogens is 1. The molecule has 3 aromatic rings. The Balaban J connectivity index is 1.36. The third-order valence-electron chi connectivity index (χ3n) is 5.33. The smallest absolute Gasteiger partial charge is 0.255 e. The van der Waals surface area contributed by atoms with E-state index in [0.717, 1.165) is 46.7 Å². The number of phenols is 1. The Morgan fingerprint density at radius 2 is 1.83 bits per heavy atom. The molecule has 4 rings (SSSR count). The molecule has 1 aromatic heterocycles. The molecule has 1 heterocycles. The molecule has 5 nitrogen and oxygen atoms in total. The summed E-state index contributed by atoms with van der Waals surface area (Å²) in [4.78, 5) is 16.9. The summed E-state index contributed by atoms with van der Waals surface area (Å²) in [7, 11) is 0. The van der Waals surface area contributed by atoms with Crippen molar-refractivity contribution in [2.75, 3.05) is 5.32 Å². The van der Waals surface area contributed by atoms with E-state index >= 15 is 0 Å². The maximum atomic E-state index is 12.5. The Morgan fingerprint density at radius 1 is 1.07 bits per heavy atom. The van der Waals surface area contributed by atoms with Crippen LogP contribution >= 0.6 is 27.5 Å². The van der Waals surface area contributed by atoms with Crippen LogP contribution in [0.5, 0.6) is 5.75 Å². The second kappa shape index (κ2) is 8.59. The van der Waals surface area contributed by atoms with Crippen molar-refractivity contribution in [3.8, 4) is 5.75 Å². The molecule has 29 heavy (non-hydrogen) atoms. The first-order chi connectivity index (χ1) is 14.0. The van der Waals surface area contributed by atoms with E-state index in [4.69, 9.17) is 11.6 Å². The molecule has 1 amide bonds. The second-order valence-electron chi connectivity index (χ2n) is 7.35. The molecule has 0 bridgehead atoms. The molecule has 1 aliphatic rings. The van der Waals surface area contributed by atoms with Crippen LogP contribution in [0.4, 0.5) is 5.69 Å². The van der Waals surface area contributed by atoms with Crippen LogP contribution in [0, 0.1) is 0 Å². The van der Waals surface area contributed by atoms with Gasteiger partial charge in [-0.25, -0.2) is 0 Å². The molecule has 0 radical (unpaired) electrons. The minimum absolute atomic E-state index is 0.00859. The number of rotatable bonds is 4. The summed E-state index contributed by atoms with van der Waals surface area (Å²) in [5, 5.41) is 18.3. The third kappa shape index (κ3) is 4.65. The van der Waals surface area contributed by atoms with Gasteiger partial charge in [-0.2, -0.15) is 0 Å². The fourth-order valence-electron chi connectivity index (χ4n) is 3.80. The van der Waals surface area contributed by atoms with Gasteiger partial charge in [-0.05, 0) is 68.1 Å². The van der Waals surface area contributed by atoms with Gasteiger partial charge in [-0.3, -0.25) is 9.78 Å². The number of fused-ring (bicyclic) bond motifs is 1. The number of nitrogens with one attached hydrogen (secondary N) is 2. The number of carbonyl (C=O) groups is 1. The summed E-state index contributed by atoms with van der Waals surface area (Å²) >= 11 is 9.41. The standard InChI is InChI=1S/C22H21BrClN3O2/c23-13-1-8-21(28)18(11-13)22(29)27-16-5-3-15(4-6-16)26-19-9-10-25-20-12-14(24)2-7-17(19)20/h1-2,7-12,15-16,28H,3-6H2,(H,25,26)(H,27,29). The normalized spacial score (nSPS) is 19.1. The van der Waals surface area contributed by atoms with Crippen LogP contribution in [0.25, 0.3) is 10.9 Å². The molecule has 150 valence electrons. The molecule has 7 heteroatoms. The molecule has 0 saturated heterocycles. The number of carbonyl (C=O) groups excluding carboxylic acids is 1. The molecule has 1 saturated carbocycles. The van der Waals surface area contributed by atoms with E-state index in [1.165, 1.54) is 6.07 Å². The zero-order valence-electron chi connectivity index (χ0n) is 15.7. The highest BCUT2D eigenvalue weighted by atomic mass is 79.9. The van der Waals surface area contributed by atoms with E-state index in [-0.39, 0.29) is 17.7 Å². The Bertz CT molecular complexity index is 1050. The van der Waals surface area contributed by atoms with Crippen LogP contribution in [-0.2, 0) is 0 Å². The third-order valence-corrected chi connectivity index (χ3v) is 6.06. The highest BCUT2D eigenvalue weighted by molar-refractivity contribution is 9.10. The topological polar surface area (TPSA) is 74.2 Å². The molecular formula is C22H21BrClN3O2. The van der Waals surface area contributed by atoms with Crippen molar-refractivity contribution in [1.82, 2.24) is 10.3 Å². The zero-order chi connectivity index (χ0) is 20.4. The van der Waals surface area contributed by atoms with E-state index in [1.54, 1.807) is 18.3 Å². The monoisotopic (exact) mass is 473 g/mol. The molecule has 0 aliphatic heterocycles. The van der Waals surface area contributed by atoms with Gasteiger partial charge < -0.3 is 15.7 Å². The van der Waals surface area contributed by atoms with Crippen LogP contribution in [0.15, 0.2) is 53.1 Å². The molecular weight excluding hydrogens is 454 g/mol. The fraction of sp³-hybridized carbons (Fsp3) is 0.273. The van der Waals surface area contributed by atoms with E-state index in [2.05, 4.69) is 31.5 Å². The number of aromatic hydroxyl groups is 1. The van der Waals surface area contributed by atoms with E-state index in [1.807, 2.05) is 24.3 Å². The van der Waals surface area contributed by atoms with Crippen LogP contribution in [-0.4, -0.2) is 28.1 Å². The van der Waals surface area contributed by atoms with Crippen LogP contribution in [0.1, 0.15) is 36.0 Å². The van der Waals surface area contributed by atoms with Crippen molar-refractivity contribution in [3.63, 3.8) is 0 Å². The largest absolute Gasteiger partial charge is 0.507 e. The number of pyridine rings is 1. The number of hydrogen-bond acceptors (Lipinski definition) is 4. The van der Waals surface area contributed by atoms with Crippen LogP contribution < -0.4 is 10.6 Å². The Hall–Kier alpha value is -2.31. The number of nitrogens with zero attached hydrogens (tertiary/aromatic N) is 1. The summed E-state index contributed by atoms with van der Waals surface area (Å²) in [5.74, 6) is -0.247. The highest BCUT2D eigenvalue weighted by Crippen LogP contribution is 2.29. The number of anilines is 1. The number of halogens is 2. The van der Waals surface area contributed by atoms with Gasteiger partial charge in [0, 0.05) is 38.8 Å². The van der Waals surface area contributed by atoms with Crippen molar-refractivity contribution in [1.29, 1.82) is 0 Å². The number of amides is 1. The zero-order valence-corrected chi connectivity index (χ0v) is 18.0. The average molecular weight is 475 g/mol. The highest BCUT2D eigenvalue weighted by Gasteiger charge is 2.24. The molecule has 0 unspecified atom stereocenters. The Morgan fingerprint density at radius 3 is 2.62 bits per heavy atom. The maximum Gasteiger partial charge on any atom is 0.255 e. The van der Waals surface area contributed by atoms with Gasteiger partial charge in [-0.1, -0.05) is 27.5 Å². The lowest BCUT2D eigenvalue weighted by molar-refractivity contribution is 0.0924. The quantitative estimate of drug-likeness (QED) is 0.466. The van der Waals surface area contributed by atoms with Gasteiger partial charge in [-0.15, -0.1) is 0 Å².